The first-order chi connectivity index (χ1) is 11.9. The topological polar surface area (TPSA) is 63.7 Å². The lowest BCUT2D eigenvalue weighted by Crippen LogP contribution is -2.64. The maximum absolute atomic E-state index is 13.1. The number of benzene rings is 2. The van der Waals surface area contributed by atoms with Crippen LogP contribution in [0.1, 0.15) is 24.5 Å². The van der Waals surface area contributed by atoms with E-state index < -0.39 is 21.5 Å². The predicted octanol–water partition coefficient (Wildman–Crippen LogP) is 2.85. The van der Waals surface area contributed by atoms with E-state index in [1.54, 1.807) is 55.5 Å². The molecule has 0 radical (unpaired) electrons. The minimum Gasteiger partial charge on any atom is -0.464 e. The van der Waals surface area contributed by atoms with Crippen molar-refractivity contribution in [3.8, 4) is 0 Å². The van der Waals surface area contributed by atoms with Crippen LogP contribution in [0, 0.1) is 6.92 Å². The Morgan fingerprint density at radius 3 is 2.28 bits per heavy atom. The third-order valence-electron chi connectivity index (χ3n) is 4.58. The van der Waals surface area contributed by atoms with Crippen molar-refractivity contribution in [2.75, 3.05) is 13.2 Å². The van der Waals surface area contributed by atoms with E-state index >= 15 is 0 Å². The van der Waals surface area contributed by atoms with Gasteiger partial charge in [-0.05, 0) is 38.0 Å². The zero-order valence-electron chi connectivity index (χ0n) is 14.3. The molecule has 0 amide bonds. The van der Waals surface area contributed by atoms with E-state index in [2.05, 4.69) is 0 Å². The molecule has 2 aromatic rings. The Balaban J connectivity index is 2.08. The van der Waals surface area contributed by atoms with Crippen LogP contribution in [-0.2, 0) is 25.1 Å². The van der Waals surface area contributed by atoms with Crippen LogP contribution in [0.2, 0.25) is 0 Å². The lowest BCUT2D eigenvalue weighted by Gasteiger charge is -2.49. The Kier molecular flexibility index (Phi) is 4.67. The fourth-order valence-electron chi connectivity index (χ4n) is 3.16. The molecule has 25 heavy (non-hydrogen) atoms. The molecule has 0 saturated carbocycles. The Bertz CT molecular complexity index is 862. The van der Waals surface area contributed by atoms with E-state index in [-0.39, 0.29) is 18.0 Å². The van der Waals surface area contributed by atoms with E-state index in [1.807, 2.05) is 13.0 Å². The lowest BCUT2D eigenvalue weighted by atomic mass is 9.80. The molecular formula is C19H21NO4S. The minimum absolute atomic E-state index is 0.183. The summed E-state index contributed by atoms with van der Waals surface area (Å²) in [4.78, 5) is 12.9. The number of carbonyl (C=O) groups is 1. The van der Waals surface area contributed by atoms with Crippen LogP contribution in [0.5, 0.6) is 0 Å². The van der Waals surface area contributed by atoms with Gasteiger partial charge in [-0.25, -0.2) is 13.2 Å². The van der Waals surface area contributed by atoms with Crippen molar-refractivity contribution in [3.63, 3.8) is 0 Å². The van der Waals surface area contributed by atoms with Gasteiger partial charge in [-0.1, -0.05) is 48.0 Å². The summed E-state index contributed by atoms with van der Waals surface area (Å²) in [6, 6.07) is 15.6. The second kappa shape index (κ2) is 6.61. The molecule has 132 valence electrons. The van der Waals surface area contributed by atoms with Gasteiger partial charge in [0.15, 0.2) is 5.54 Å². The number of hydrogen-bond acceptors (Lipinski definition) is 4. The third-order valence-corrected chi connectivity index (χ3v) is 6.52. The Morgan fingerprint density at radius 1 is 1.12 bits per heavy atom. The van der Waals surface area contributed by atoms with Gasteiger partial charge in [0, 0.05) is 6.54 Å². The first kappa shape index (κ1) is 17.6. The maximum Gasteiger partial charge on any atom is 0.332 e. The lowest BCUT2D eigenvalue weighted by molar-refractivity contribution is -0.162. The highest BCUT2D eigenvalue weighted by Crippen LogP contribution is 2.45. The Morgan fingerprint density at radius 2 is 1.76 bits per heavy atom. The quantitative estimate of drug-likeness (QED) is 0.770. The van der Waals surface area contributed by atoms with Crippen molar-refractivity contribution in [1.82, 2.24) is 4.31 Å². The van der Waals surface area contributed by atoms with Crippen LogP contribution in [0.3, 0.4) is 0 Å². The highest BCUT2D eigenvalue weighted by Gasteiger charge is 2.58. The number of hydrogen-bond donors (Lipinski definition) is 0. The van der Waals surface area contributed by atoms with Crippen LogP contribution in [0.15, 0.2) is 59.5 Å². The number of aryl methyl sites for hydroxylation is 1. The SMILES string of the molecule is CCOC(=O)C1(c2ccccc2)CCN1S(=O)(=O)c1ccc(C)cc1. The summed E-state index contributed by atoms with van der Waals surface area (Å²) in [6.07, 6.45) is 0.404. The molecule has 0 N–H and O–H groups in total. The van der Waals surface area contributed by atoms with Crippen molar-refractivity contribution >= 4 is 16.0 Å². The van der Waals surface area contributed by atoms with Gasteiger partial charge in [-0.3, -0.25) is 0 Å². The average Bonchev–Trinajstić information content (AvgIpc) is 2.55. The molecule has 5 nitrogen and oxygen atoms in total. The third kappa shape index (κ3) is 2.85. The monoisotopic (exact) mass is 359 g/mol. The largest absolute Gasteiger partial charge is 0.464 e. The zero-order chi connectivity index (χ0) is 18.1. The number of sulfonamides is 1. The van der Waals surface area contributed by atoms with Crippen molar-refractivity contribution in [2.24, 2.45) is 0 Å². The zero-order valence-corrected chi connectivity index (χ0v) is 15.1. The summed E-state index contributed by atoms with van der Waals surface area (Å²) in [6.45, 7) is 4.09. The van der Waals surface area contributed by atoms with E-state index in [9.17, 15) is 13.2 Å². The highest BCUT2D eigenvalue weighted by molar-refractivity contribution is 7.89. The van der Waals surface area contributed by atoms with Gasteiger partial charge in [-0.2, -0.15) is 4.31 Å². The molecule has 6 heteroatoms. The van der Waals surface area contributed by atoms with Gasteiger partial charge in [0.05, 0.1) is 11.5 Å². The highest BCUT2D eigenvalue weighted by atomic mass is 32.2. The summed E-state index contributed by atoms with van der Waals surface area (Å²) in [5.74, 6) is -0.525. The molecule has 1 saturated heterocycles. The normalized spacial score (nSPS) is 20.7. The van der Waals surface area contributed by atoms with Crippen LogP contribution < -0.4 is 0 Å². The van der Waals surface area contributed by atoms with Gasteiger partial charge in [0.25, 0.3) is 0 Å². The molecule has 2 aromatic carbocycles. The van der Waals surface area contributed by atoms with Crippen molar-refractivity contribution < 1.29 is 17.9 Å². The predicted molar refractivity (Wildman–Crippen MR) is 94.4 cm³/mol. The molecular weight excluding hydrogens is 338 g/mol. The second-order valence-corrected chi connectivity index (χ2v) is 7.95. The molecule has 0 aromatic heterocycles. The standard InChI is InChI=1S/C19H21NO4S/c1-3-24-18(21)19(16-7-5-4-6-8-16)13-14-20(19)25(22,23)17-11-9-15(2)10-12-17/h4-12H,3,13-14H2,1-2H3. The smallest absolute Gasteiger partial charge is 0.332 e. The molecule has 1 aliphatic rings. The summed E-state index contributed by atoms with van der Waals surface area (Å²) < 4.78 is 32.8. The number of rotatable bonds is 5. The molecule has 3 rings (SSSR count). The van der Waals surface area contributed by atoms with Crippen LogP contribution in [0.25, 0.3) is 0 Å². The summed E-state index contributed by atoms with van der Waals surface area (Å²) in [5.41, 5.74) is 0.318. The van der Waals surface area contributed by atoms with E-state index in [0.717, 1.165) is 5.56 Å². The second-order valence-electron chi connectivity index (χ2n) is 6.09. The molecule has 1 fully saturated rings. The first-order valence-electron chi connectivity index (χ1n) is 8.25. The average molecular weight is 359 g/mol. The summed E-state index contributed by atoms with van der Waals surface area (Å²) >= 11 is 0. The van der Waals surface area contributed by atoms with Crippen LogP contribution in [-0.4, -0.2) is 31.8 Å². The van der Waals surface area contributed by atoms with Crippen molar-refractivity contribution in [3.05, 3.63) is 65.7 Å². The van der Waals surface area contributed by atoms with E-state index in [0.29, 0.717) is 12.0 Å². The molecule has 0 spiro atoms. The number of carbonyl (C=O) groups excluding carboxylic acids is 1. The Hall–Kier alpha value is -2.18. The number of nitrogens with zero attached hydrogens (tertiary/aromatic N) is 1. The number of ether oxygens (including phenoxy) is 1. The molecule has 1 heterocycles. The molecule has 1 unspecified atom stereocenters. The number of esters is 1. The Labute approximate surface area is 148 Å². The fraction of sp³-hybridized carbons (Fsp3) is 0.316. The van der Waals surface area contributed by atoms with E-state index in [1.165, 1.54) is 4.31 Å². The minimum atomic E-state index is -3.81. The molecule has 1 atom stereocenters. The van der Waals surface area contributed by atoms with Crippen molar-refractivity contribution in [1.29, 1.82) is 0 Å². The first-order valence-corrected chi connectivity index (χ1v) is 9.69. The molecule has 0 aliphatic carbocycles. The van der Waals surface area contributed by atoms with Crippen LogP contribution >= 0.6 is 0 Å². The van der Waals surface area contributed by atoms with Gasteiger partial charge >= 0.3 is 5.97 Å². The van der Waals surface area contributed by atoms with Gasteiger partial charge < -0.3 is 4.74 Å². The van der Waals surface area contributed by atoms with Gasteiger partial charge in [0.2, 0.25) is 10.0 Å². The maximum atomic E-state index is 13.1. The van der Waals surface area contributed by atoms with Crippen molar-refractivity contribution in [2.45, 2.75) is 30.7 Å². The summed E-state index contributed by atoms with van der Waals surface area (Å²) in [5, 5.41) is 0. The molecule has 1 aliphatic heterocycles. The molecule has 0 bridgehead atoms. The fourth-order valence-corrected chi connectivity index (χ4v) is 4.91. The van der Waals surface area contributed by atoms with Crippen LogP contribution in [0.4, 0.5) is 0 Å². The van der Waals surface area contributed by atoms with Gasteiger partial charge in [-0.15, -0.1) is 0 Å². The van der Waals surface area contributed by atoms with Gasteiger partial charge in [0.1, 0.15) is 0 Å². The van der Waals surface area contributed by atoms with E-state index in [4.69, 9.17) is 4.74 Å². The summed E-state index contributed by atoms with van der Waals surface area (Å²) in [7, 11) is -3.81.